The van der Waals surface area contributed by atoms with E-state index in [4.69, 9.17) is 4.42 Å². The number of nitrogens with one attached hydrogen (secondary N) is 1. The molecule has 2 heterocycles. The first kappa shape index (κ1) is 18.5. The number of carbonyl (C=O) groups is 2. The van der Waals surface area contributed by atoms with E-state index in [2.05, 4.69) is 5.32 Å². The van der Waals surface area contributed by atoms with E-state index in [0.717, 1.165) is 12.8 Å². The highest BCUT2D eigenvalue weighted by Gasteiger charge is 2.47. The molecule has 0 radical (unpaired) electrons. The lowest BCUT2D eigenvalue weighted by Crippen LogP contribution is -2.52. The van der Waals surface area contributed by atoms with Crippen LogP contribution in [0.3, 0.4) is 0 Å². The Kier molecular flexibility index (Phi) is 5.66. The summed E-state index contributed by atoms with van der Waals surface area (Å²) < 4.78 is 5.37. The van der Waals surface area contributed by atoms with Crippen molar-refractivity contribution in [3.63, 3.8) is 0 Å². The van der Waals surface area contributed by atoms with Gasteiger partial charge in [0.2, 0.25) is 5.91 Å². The maximum absolute atomic E-state index is 12.8. The topological polar surface area (TPSA) is 103 Å². The molecule has 0 bridgehead atoms. The molecule has 2 rings (SSSR count). The molecule has 1 aromatic rings. The summed E-state index contributed by atoms with van der Waals surface area (Å²) in [4.78, 5) is 26.5. The van der Waals surface area contributed by atoms with E-state index in [1.54, 1.807) is 19.9 Å². The van der Waals surface area contributed by atoms with Crippen LogP contribution in [-0.2, 0) is 4.79 Å². The van der Waals surface area contributed by atoms with Crippen LogP contribution in [0.25, 0.3) is 0 Å². The molecule has 4 atom stereocenters. The van der Waals surface area contributed by atoms with E-state index < -0.39 is 30.1 Å². The molecule has 0 aliphatic carbocycles. The Morgan fingerprint density at radius 1 is 1.42 bits per heavy atom. The molecule has 24 heavy (non-hydrogen) atoms. The van der Waals surface area contributed by atoms with Gasteiger partial charge < -0.3 is 24.8 Å². The number of aryl methyl sites for hydroxylation is 2. The Balaban J connectivity index is 2.22. The Labute approximate surface area is 141 Å². The summed E-state index contributed by atoms with van der Waals surface area (Å²) in [5.41, 5.74) is 0.341. The molecule has 1 aromatic heterocycles. The molecule has 1 aliphatic heterocycles. The zero-order valence-corrected chi connectivity index (χ0v) is 14.6. The zero-order chi connectivity index (χ0) is 18.0. The number of likely N-dealkylation sites (tertiary alicyclic amines) is 1. The van der Waals surface area contributed by atoms with E-state index >= 15 is 0 Å². The quantitative estimate of drug-likeness (QED) is 0.735. The van der Waals surface area contributed by atoms with Gasteiger partial charge in [-0.1, -0.05) is 13.3 Å². The fourth-order valence-corrected chi connectivity index (χ4v) is 3.16. The Morgan fingerprint density at radius 2 is 2.08 bits per heavy atom. The standard InChI is InChI=1S/C17H26N2O5/c1-5-6-9(2)18-16(22)14-15(21)13(20)8-19(14)17(23)12-7-10(3)24-11(12)4/h7,9,13-15,20-21H,5-6,8H2,1-4H3,(H,18,22)/t9?,13-,14?,15+/m0/s1. The van der Waals surface area contributed by atoms with Gasteiger partial charge in [-0.2, -0.15) is 0 Å². The highest BCUT2D eigenvalue weighted by atomic mass is 16.3. The van der Waals surface area contributed by atoms with Crippen LogP contribution in [0.2, 0.25) is 0 Å². The summed E-state index contributed by atoms with van der Waals surface area (Å²) in [6, 6.07) is 0.423. The van der Waals surface area contributed by atoms with Gasteiger partial charge in [0.15, 0.2) is 0 Å². The number of amides is 2. The van der Waals surface area contributed by atoms with Gasteiger partial charge in [-0.15, -0.1) is 0 Å². The van der Waals surface area contributed by atoms with Gasteiger partial charge in [0.1, 0.15) is 29.8 Å². The third kappa shape index (κ3) is 3.62. The van der Waals surface area contributed by atoms with E-state index in [0.29, 0.717) is 17.1 Å². The van der Waals surface area contributed by atoms with Crippen molar-refractivity contribution in [1.29, 1.82) is 0 Å². The van der Waals surface area contributed by atoms with Crippen LogP contribution in [0, 0.1) is 13.8 Å². The van der Waals surface area contributed by atoms with Crippen molar-refractivity contribution in [3.05, 3.63) is 23.2 Å². The van der Waals surface area contributed by atoms with Crippen LogP contribution in [-0.4, -0.2) is 57.8 Å². The highest BCUT2D eigenvalue weighted by molar-refractivity contribution is 5.99. The van der Waals surface area contributed by atoms with Crippen molar-refractivity contribution in [2.45, 2.75) is 64.8 Å². The molecule has 1 fully saturated rings. The SMILES string of the molecule is CCCC(C)NC(=O)C1[C@H](O)[C@@H](O)CN1C(=O)c1cc(C)oc1C. The average Bonchev–Trinajstić information content (AvgIpc) is 2.98. The number of aliphatic hydroxyl groups is 2. The Bertz CT molecular complexity index is 612. The Hall–Kier alpha value is -1.86. The number of hydrogen-bond donors (Lipinski definition) is 3. The molecule has 2 amide bonds. The van der Waals surface area contributed by atoms with Crippen LogP contribution in [0.4, 0.5) is 0 Å². The van der Waals surface area contributed by atoms with Gasteiger partial charge in [-0.05, 0) is 33.3 Å². The predicted molar refractivity (Wildman–Crippen MR) is 87.5 cm³/mol. The van der Waals surface area contributed by atoms with Gasteiger partial charge in [-0.25, -0.2) is 0 Å². The molecule has 2 unspecified atom stereocenters. The average molecular weight is 338 g/mol. The van der Waals surface area contributed by atoms with E-state index in [-0.39, 0.29) is 12.6 Å². The number of carbonyl (C=O) groups excluding carboxylic acids is 2. The van der Waals surface area contributed by atoms with Gasteiger partial charge in [0.05, 0.1) is 12.1 Å². The number of aliphatic hydroxyl groups excluding tert-OH is 2. The monoisotopic (exact) mass is 338 g/mol. The van der Waals surface area contributed by atoms with Crippen LogP contribution in [0.1, 0.15) is 48.6 Å². The summed E-state index contributed by atoms with van der Waals surface area (Å²) in [6.45, 7) is 7.19. The number of β-amino-alcohol motifs (C(OH)–C–C–N with tert-alkyl or cyclic N) is 1. The van der Waals surface area contributed by atoms with E-state index in [9.17, 15) is 19.8 Å². The number of furan rings is 1. The molecule has 134 valence electrons. The van der Waals surface area contributed by atoms with Crippen LogP contribution < -0.4 is 5.32 Å². The Morgan fingerprint density at radius 3 is 2.62 bits per heavy atom. The highest BCUT2D eigenvalue weighted by Crippen LogP contribution is 2.24. The summed E-state index contributed by atoms with van der Waals surface area (Å²) in [5.74, 6) is 0.162. The van der Waals surface area contributed by atoms with Crippen molar-refractivity contribution in [3.8, 4) is 0 Å². The molecule has 0 spiro atoms. The lowest BCUT2D eigenvalue weighted by Gasteiger charge is -2.26. The van der Waals surface area contributed by atoms with Crippen molar-refractivity contribution in [2.75, 3.05) is 6.54 Å². The fourth-order valence-electron chi connectivity index (χ4n) is 3.16. The van der Waals surface area contributed by atoms with Crippen molar-refractivity contribution >= 4 is 11.8 Å². The van der Waals surface area contributed by atoms with Crippen LogP contribution >= 0.6 is 0 Å². The third-order valence-corrected chi connectivity index (χ3v) is 4.35. The van der Waals surface area contributed by atoms with E-state index in [1.807, 2.05) is 13.8 Å². The number of rotatable bonds is 5. The lowest BCUT2D eigenvalue weighted by atomic mass is 10.1. The van der Waals surface area contributed by atoms with Crippen LogP contribution in [0.15, 0.2) is 10.5 Å². The minimum absolute atomic E-state index is 0.0673. The van der Waals surface area contributed by atoms with Crippen LogP contribution in [0.5, 0.6) is 0 Å². The molecule has 1 aliphatic rings. The zero-order valence-electron chi connectivity index (χ0n) is 14.6. The van der Waals surface area contributed by atoms with Crippen molar-refractivity contribution in [2.24, 2.45) is 0 Å². The minimum Gasteiger partial charge on any atom is -0.466 e. The summed E-state index contributed by atoms with van der Waals surface area (Å²) in [5, 5.41) is 22.9. The molecule has 1 saturated heterocycles. The first-order chi connectivity index (χ1) is 11.3. The lowest BCUT2D eigenvalue weighted by molar-refractivity contribution is -0.128. The predicted octanol–water partition coefficient (Wildman–Crippen LogP) is 0.747. The smallest absolute Gasteiger partial charge is 0.258 e. The molecular weight excluding hydrogens is 312 g/mol. The summed E-state index contributed by atoms with van der Waals surface area (Å²) in [6.07, 6.45) is -0.756. The molecule has 3 N–H and O–H groups in total. The van der Waals surface area contributed by atoms with Gasteiger partial charge in [0.25, 0.3) is 5.91 Å². The van der Waals surface area contributed by atoms with Gasteiger partial charge in [0, 0.05) is 6.04 Å². The normalized spacial score (nSPS) is 24.9. The molecule has 7 heteroatoms. The second kappa shape index (κ2) is 7.36. The summed E-state index contributed by atoms with van der Waals surface area (Å²) in [7, 11) is 0. The first-order valence-corrected chi connectivity index (χ1v) is 8.30. The largest absolute Gasteiger partial charge is 0.466 e. The maximum atomic E-state index is 12.8. The second-order valence-electron chi connectivity index (χ2n) is 6.49. The van der Waals surface area contributed by atoms with Gasteiger partial charge in [-0.3, -0.25) is 9.59 Å². The van der Waals surface area contributed by atoms with Gasteiger partial charge >= 0.3 is 0 Å². The van der Waals surface area contributed by atoms with E-state index in [1.165, 1.54) is 4.90 Å². The number of nitrogens with zero attached hydrogens (tertiary/aromatic N) is 1. The molecular formula is C17H26N2O5. The molecule has 0 saturated carbocycles. The fraction of sp³-hybridized carbons (Fsp3) is 0.647. The van der Waals surface area contributed by atoms with Crippen molar-refractivity contribution in [1.82, 2.24) is 10.2 Å². The third-order valence-electron chi connectivity index (χ3n) is 4.35. The minimum atomic E-state index is -1.31. The molecule has 0 aromatic carbocycles. The number of hydrogen-bond acceptors (Lipinski definition) is 5. The summed E-state index contributed by atoms with van der Waals surface area (Å²) >= 11 is 0. The molecule has 7 nitrogen and oxygen atoms in total. The van der Waals surface area contributed by atoms with Crippen molar-refractivity contribution < 1.29 is 24.2 Å². The first-order valence-electron chi connectivity index (χ1n) is 8.30. The maximum Gasteiger partial charge on any atom is 0.258 e. The second-order valence-corrected chi connectivity index (χ2v) is 6.49.